The first kappa shape index (κ1) is 22.1. The minimum Gasteiger partial charge on any atom is -0.497 e. The second kappa shape index (κ2) is 11.0. The summed E-state index contributed by atoms with van der Waals surface area (Å²) >= 11 is 0. The van der Waals surface area contributed by atoms with Crippen LogP contribution in [-0.2, 0) is 6.54 Å². The van der Waals surface area contributed by atoms with Gasteiger partial charge in [-0.1, -0.05) is 12.1 Å². The highest BCUT2D eigenvalue weighted by atomic mass is 19.1. The smallest absolute Gasteiger partial charge is 0.191 e. The van der Waals surface area contributed by atoms with Crippen LogP contribution in [0.3, 0.4) is 0 Å². The van der Waals surface area contributed by atoms with E-state index >= 15 is 0 Å². The Bertz CT molecular complexity index is 990. The third kappa shape index (κ3) is 6.43. The third-order valence-electron chi connectivity index (χ3n) is 4.33. The third-order valence-corrected chi connectivity index (χ3v) is 4.33. The summed E-state index contributed by atoms with van der Waals surface area (Å²) in [6, 6.07) is 13.9. The Morgan fingerprint density at radius 2 is 1.94 bits per heavy atom. The number of nitrogens with one attached hydrogen (secondary N) is 3. The molecular weight excluding hydrogens is 399 g/mol. The van der Waals surface area contributed by atoms with Crippen LogP contribution in [0.5, 0.6) is 11.5 Å². The van der Waals surface area contributed by atoms with E-state index in [0.29, 0.717) is 37.2 Å². The number of H-pyrrole nitrogens is 1. The largest absolute Gasteiger partial charge is 0.497 e. The van der Waals surface area contributed by atoms with Crippen LogP contribution in [0.4, 0.5) is 4.39 Å². The average molecular weight is 426 g/mol. The van der Waals surface area contributed by atoms with Gasteiger partial charge in [0.15, 0.2) is 23.4 Å². The van der Waals surface area contributed by atoms with Crippen molar-refractivity contribution in [2.45, 2.75) is 26.5 Å². The van der Waals surface area contributed by atoms with Crippen molar-refractivity contribution in [1.82, 2.24) is 25.8 Å². The number of rotatable bonds is 9. The summed E-state index contributed by atoms with van der Waals surface area (Å²) in [7, 11) is 1.63. The fourth-order valence-electron chi connectivity index (χ4n) is 2.77. The van der Waals surface area contributed by atoms with Gasteiger partial charge in [0.2, 0.25) is 0 Å². The van der Waals surface area contributed by atoms with Gasteiger partial charge in [0.1, 0.15) is 24.2 Å². The molecule has 1 unspecified atom stereocenters. The van der Waals surface area contributed by atoms with E-state index in [4.69, 9.17) is 9.47 Å². The number of hydrogen-bond donors (Lipinski definition) is 3. The van der Waals surface area contributed by atoms with Gasteiger partial charge in [-0.05, 0) is 50.2 Å². The number of aromatic amines is 1. The van der Waals surface area contributed by atoms with Crippen molar-refractivity contribution in [3.8, 4) is 22.9 Å². The highest BCUT2D eigenvalue weighted by Crippen LogP contribution is 2.19. The van der Waals surface area contributed by atoms with E-state index in [-0.39, 0.29) is 17.7 Å². The molecule has 9 heteroatoms. The maximum Gasteiger partial charge on any atom is 0.191 e. The molecule has 1 aromatic heterocycles. The summed E-state index contributed by atoms with van der Waals surface area (Å²) < 4.78 is 24.6. The fourth-order valence-corrected chi connectivity index (χ4v) is 2.77. The normalized spacial score (nSPS) is 12.3. The second-order valence-corrected chi connectivity index (χ2v) is 6.77. The molecule has 0 saturated heterocycles. The van der Waals surface area contributed by atoms with Crippen molar-refractivity contribution in [2.75, 3.05) is 20.2 Å². The Morgan fingerprint density at radius 1 is 1.16 bits per heavy atom. The van der Waals surface area contributed by atoms with Gasteiger partial charge in [-0.2, -0.15) is 5.10 Å². The van der Waals surface area contributed by atoms with Gasteiger partial charge < -0.3 is 20.1 Å². The van der Waals surface area contributed by atoms with Crippen molar-refractivity contribution in [2.24, 2.45) is 4.99 Å². The first-order valence-corrected chi connectivity index (χ1v) is 10.1. The number of halogens is 1. The zero-order valence-corrected chi connectivity index (χ0v) is 17.9. The quantitative estimate of drug-likeness (QED) is 0.359. The van der Waals surface area contributed by atoms with Crippen molar-refractivity contribution >= 4 is 5.96 Å². The van der Waals surface area contributed by atoms with Gasteiger partial charge >= 0.3 is 0 Å². The van der Waals surface area contributed by atoms with E-state index in [0.717, 1.165) is 11.3 Å². The minimum absolute atomic E-state index is 0.228. The summed E-state index contributed by atoms with van der Waals surface area (Å²) in [5, 5.41) is 13.5. The topological polar surface area (TPSA) is 96.5 Å². The molecule has 0 radical (unpaired) electrons. The zero-order valence-electron chi connectivity index (χ0n) is 17.9. The predicted octanol–water partition coefficient (Wildman–Crippen LogP) is 3.14. The molecule has 0 saturated carbocycles. The molecule has 1 atom stereocenters. The summed E-state index contributed by atoms with van der Waals surface area (Å²) in [5.41, 5.74) is 0.886. The summed E-state index contributed by atoms with van der Waals surface area (Å²) in [4.78, 5) is 9.02. The highest BCUT2D eigenvalue weighted by molar-refractivity contribution is 5.79. The number of hydrogen-bond acceptors (Lipinski definition) is 5. The Labute approximate surface area is 180 Å². The lowest BCUT2D eigenvalue weighted by Crippen LogP contribution is -2.41. The van der Waals surface area contributed by atoms with Gasteiger partial charge in [0, 0.05) is 12.1 Å². The molecule has 3 N–H and O–H groups in total. The van der Waals surface area contributed by atoms with E-state index in [2.05, 4.69) is 30.8 Å². The second-order valence-electron chi connectivity index (χ2n) is 6.77. The number of ether oxygens (including phenoxy) is 2. The van der Waals surface area contributed by atoms with Crippen molar-refractivity contribution in [1.29, 1.82) is 0 Å². The molecule has 0 fully saturated rings. The number of methoxy groups -OCH3 is 1. The lowest BCUT2D eigenvalue weighted by Gasteiger charge is -2.17. The number of aliphatic imine (C=N–C) groups is 1. The number of para-hydroxylation sites is 1. The standard InChI is InChI=1S/C22H27FN6O2/c1-4-24-22(25-13-15(2)31-19-8-6-5-7-18(19)23)26-14-20-27-21(29-28-20)16-9-11-17(30-3)12-10-16/h5-12,15H,4,13-14H2,1-3H3,(H2,24,25,26)(H,27,28,29). The Morgan fingerprint density at radius 3 is 2.65 bits per heavy atom. The van der Waals surface area contributed by atoms with E-state index in [1.165, 1.54) is 6.07 Å². The van der Waals surface area contributed by atoms with Crippen LogP contribution in [0.2, 0.25) is 0 Å². The van der Waals surface area contributed by atoms with Crippen molar-refractivity contribution in [3.63, 3.8) is 0 Å². The lowest BCUT2D eigenvalue weighted by molar-refractivity contribution is 0.214. The van der Waals surface area contributed by atoms with Crippen molar-refractivity contribution in [3.05, 3.63) is 60.2 Å². The molecule has 31 heavy (non-hydrogen) atoms. The van der Waals surface area contributed by atoms with Crippen LogP contribution < -0.4 is 20.1 Å². The Balaban J connectivity index is 1.56. The molecule has 0 amide bonds. The highest BCUT2D eigenvalue weighted by Gasteiger charge is 2.10. The summed E-state index contributed by atoms with van der Waals surface area (Å²) in [6.45, 7) is 5.31. The van der Waals surface area contributed by atoms with Crippen molar-refractivity contribution < 1.29 is 13.9 Å². The molecule has 0 aliphatic rings. The molecular formula is C22H27FN6O2. The van der Waals surface area contributed by atoms with E-state index in [1.54, 1.807) is 25.3 Å². The molecule has 0 aliphatic heterocycles. The van der Waals surface area contributed by atoms with Crippen LogP contribution in [-0.4, -0.2) is 47.4 Å². The molecule has 8 nitrogen and oxygen atoms in total. The summed E-state index contributed by atoms with van der Waals surface area (Å²) in [6.07, 6.45) is -0.257. The molecule has 164 valence electrons. The van der Waals surface area contributed by atoms with Crippen LogP contribution in [0.15, 0.2) is 53.5 Å². The first-order chi connectivity index (χ1) is 15.1. The minimum atomic E-state index is -0.382. The number of nitrogens with zero attached hydrogens (tertiary/aromatic N) is 3. The number of benzene rings is 2. The molecule has 0 aliphatic carbocycles. The van der Waals surface area contributed by atoms with Crippen LogP contribution in [0.1, 0.15) is 19.7 Å². The molecule has 2 aromatic carbocycles. The van der Waals surface area contributed by atoms with Gasteiger partial charge in [0.25, 0.3) is 0 Å². The lowest BCUT2D eigenvalue weighted by atomic mass is 10.2. The van der Waals surface area contributed by atoms with Gasteiger partial charge in [-0.15, -0.1) is 0 Å². The molecule has 1 heterocycles. The fraction of sp³-hybridized carbons (Fsp3) is 0.318. The van der Waals surface area contributed by atoms with Gasteiger partial charge in [0.05, 0.1) is 13.7 Å². The van der Waals surface area contributed by atoms with E-state index in [9.17, 15) is 4.39 Å². The zero-order chi connectivity index (χ0) is 22.1. The van der Waals surface area contributed by atoms with E-state index in [1.807, 2.05) is 38.1 Å². The van der Waals surface area contributed by atoms with Gasteiger partial charge in [-0.25, -0.2) is 14.4 Å². The number of aromatic nitrogens is 3. The van der Waals surface area contributed by atoms with Crippen LogP contribution >= 0.6 is 0 Å². The average Bonchev–Trinajstić information content (AvgIpc) is 3.26. The van der Waals surface area contributed by atoms with Crippen LogP contribution in [0.25, 0.3) is 11.4 Å². The summed E-state index contributed by atoms with van der Waals surface area (Å²) in [5.74, 6) is 2.46. The molecule has 0 spiro atoms. The maximum absolute atomic E-state index is 13.7. The Hall–Kier alpha value is -3.62. The van der Waals surface area contributed by atoms with E-state index < -0.39 is 0 Å². The predicted molar refractivity (Wildman–Crippen MR) is 118 cm³/mol. The molecule has 3 rings (SSSR count). The number of guanidine groups is 1. The van der Waals surface area contributed by atoms with Crippen LogP contribution in [0, 0.1) is 5.82 Å². The first-order valence-electron chi connectivity index (χ1n) is 10.1. The SMILES string of the molecule is CCNC(=NCc1nc(-c2ccc(OC)cc2)n[nH]1)NCC(C)Oc1ccccc1F. The monoisotopic (exact) mass is 426 g/mol. The maximum atomic E-state index is 13.7. The molecule has 3 aromatic rings. The molecule has 0 bridgehead atoms. The Kier molecular flexibility index (Phi) is 7.80. The van der Waals surface area contributed by atoms with Gasteiger partial charge in [-0.3, -0.25) is 5.10 Å².